The Bertz CT molecular complexity index is 796. The van der Waals surface area contributed by atoms with E-state index in [4.69, 9.17) is 4.98 Å². The Morgan fingerprint density at radius 3 is 2.96 bits per heavy atom. The molecule has 1 fully saturated rings. The molecular formula is C20H28N6O. The number of aryl methyl sites for hydroxylation is 2. The molecule has 0 aromatic carbocycles. The third kappa shape index (κ3) is 4.35. The highest BCUT2D eigenvalue weighted by atomic mass is 16.3. The zero-order chi connectivity index (χ0) is 18.6. The monoisotopic (exact) mass is 368 g/mol. The number of β-amino-alcohol motifs (C(OH)–C–C–N with tert-alkyl or cyclic N) is 1. The van der Waals surface area contributed by atoms with Gasteiger partial charge in [-0.15, -0.1) is 0 Å². The molecule has 2 aromatic heterocycles. The van der Waals surface area contributed by atoms with Gasteiger partial charge in [-0.2, -0.15) is 4.98 Å². The van der Waals surface area contributed by atoms with E-state index in [1.54, 1.807) is 6.20 Å². The van der Waals surface area contributed by atoms with Crippen LogP contribution in [0.2, 0.25) is 0 Å². The Morgan fingerprint density at radius 1 is 1.19 bits per heavy atom. The zero-order valence-electron chi connectivity index (χ0n) is 16.0. The minimum absolute atomic E-state index is 0.269. The van der Waals surface area contributed by atoms with E-state index in [0.717, 1.165) is 56.0 Å². The van der Waals surface area contributed by atoms with Crippen LogP contribution in [0.5, 0.6) is 0 Å². The second kappa shape index (κ2) is 8.17. The van der Waals surface area contributed by atoms with Gasteiger partial charge in [0.2, 0.25) is 5.95 Å². The lowest BCUT2D eigenvalue weighted by molar-refractivity contribution is 0.154. The van der Waals surface area contributed by atoms with E-state index in [1.807, 2.05) is 6.07 Å². The Labute approximate surface area is 160 Å². The molecule has 2 N–H and O–H groups in total. The van der Waals surface area contributed by atoms with Crippen LogP contribution in [0, 0.1) is 6.92 Å². The van der Waals surface area contributed by atoms with E-state index in [1.165, 1.54) is 24.1 Å². The summed E-state index contributed by atoms with van der Waals surface area (Å²) in [4.78, 5) is 20.5. The average Bonchev–Trinajstić information content (AvgIpc) is 2.68. The van der Waals surface area contributed by atoms with Crippen LogP contribution < -0.4 is 10.2 Å². The highest BCUT2D eigenvalue weighted by Gasteiger charge is 2.19. The molecule has 7 heteroatoms. The Balaban J connectivity index is 1.37. The smallest absolute Gasteiger partial charge is 0.224 e. The number of aliphatic hydroxyl groups excluding tert-OH is 1. The predicted molar refractivity (Wildman–Crippen MR) is 105 cm³/mol. The van der Waals surface area contributed by atoms with E-state index < -0.39 is 0 Å². The van der Waals surface area contributed by atoms with Gasteiger partial charge in [0.05, 0.1) is 6.10 Å². The van der Waals surface area contributed by atoms with Gasteiger partial charge in [0.1, 0.15) is 11.6 Å². The lowest BCUT2D eigenvalue weighted by atomic mass is 9.95. The fourth-order valence-electron chi connectivity index (χ4n) is 4.02. The molecule has 0 saturated carbocycles. The van der Waals surface area contributed by atoms with Gasteiger partial charge in [-0.3, -0.25) is 0 Å². The fraction of sp³-hybridized carbons (Fsp3) is 0.600. The van der Waals surface area contributed by atoms with Crippen LogP contribution in [0.4, 0.5) is 11.8 Å². The summed E-state index contributed by atoms with van der Waals surface area (Å²) in [5.74, 6) is 2.38. The van der Waals surface area contributed by atoms with Gasteiger partial charge >= 0.3 is 0 Å². The van der Waals surface area contributed by atoms with Gasteiger partial charge in [0.15, 0.2) is 0 Å². The molecule has 1 unspecified atom stereocenters. The molecule has 4 rings (SSSR count). The molecule has 1 aliphatic heterocycles. The molecule has 2 aromatic rings. The summed E-state index contributed by atoms with van der Waals surface area (Å²) in [6.07, 6.45) is 8.78. The standard InChI is InChI=1S/C20H28N6O/c1-14-16-6-2-3-7-17(16)24-18(23-14)8-10-21-20-22-11-9-19(25-20)26-12-4-5-15(27)13-26/h9,11,15,27H,2-8,10,12-13H2,1H3,(H,21,22,25). The minimum Gasteiger partial charge on any atom is -0.391 e. The van der Waals surface area contributed by atoms with Gasteiger partial charge in [-0.1, -0.05) is 0 Å². The van der Waals surface area contributed by atoms with Crippen molar-refractivity contribution in [1.29, 1.82) is 0 Å². The van der Waals surface area contributed by atoms with Crippen LogP contribution in [-0.2, 0) is 19.3 Å². The largest absolute Gasteiger partial charge is 0.391 e. The molecule has 0 radical (unpaired) electrons. The zero-order valence-corrected chi connectivity index (χ0v) is 16.0. The van der Waals surface area contributed by atoms with Crippen molar-refractivity contribution in [3.63, 3.8) is 0 Å². The van der Waals surface area contributed by atoms with Gasteiger partial charge in [0, 0.05) is 43.6 Å². The van der Waals surface area contributed by atoms with Crippen LogP contribution in [0.15, 0.2) is 12.3 Å². The van der Waals surface area contributed by atoms with Crippen LogP contribution >= 0.6 is 0 Å². The topological polar surface area (TPSA) is 87.1 Å². The number of piperidine rings is 1. The van der Waals surface area contributed by atoms with E-state index in [0.29, 0.717) is 19.0 Å². The summed E-state index contributed by atoms with van der Waals surface area (Å²) in [5.41, 5.74) is 3.74. The van der Waals surface area contributed by atoms with Gasteiger partial charge in [0.25, 0.3) is 0 Å². The van der Waals surface area contributed by atoms with Gasteiger partial charge in [-0.05, 0) is 57.1 Å². The number of anilines is 2. The van der Waals surface area contributed by atoms with Crippen LogP contribution in [-0.4, -0.2) is 50.8 Å². The number of rotatable bonds is 5. The van der Waals surface area contributed by atoms with Crippen molar-refractivity contribution >= 4 is 11.8 Å². The molecule has 2 aliphatic rings. The molecular weight excluding hydrogens is 340 g/mol. The third-order valence-corrected chi connectivity index (χ3v) is 5.43. The van der Waals surface area contributed by atoms with Crippen molar-refractivity contribution in [2.75, 3.05) is 29.9 Å². The first-order valence-electron chi connectivity index (χ1n) is 10.0. The first kappa shape index (κ1) is 18.1. The second-order valence-corrected chi connectivity index (χ2v) is 7.51. The molecule has 0 bridgehead atoms. The molecule has 144 valence electrons. The van der Waals surface area contributed by atoms with Crippen molar-refractivity contribution in [3.8, 4) is 0 Å². The number of hydrogen-bond donors (Lipinski definition) is 2. The lowest BCUT2D eigenvalue weighted by Gasteiger charge is -2.31. The van der Waals surface area contributed by atoms with Crippen molar-refractivity contribution in [3.05, 3.63) is 35.0 Å². The summed E-state index contributed by atoms with van der Waals surface area (Å²) >= 11 is 0. The van der Waals surface area contributed by atoms with Crippen molar-refractivity contribution in [2.45, 2.75) is 58.0 Å². The lowest BCUT2D eigenvalue weighted by Crippen LogP contribution is -2.38. The van der Waals surface area contributed by atoms with Crippen molar-refractivity contribution in [2.24, 2.45) is 0 Å². The van der Waals surface area contributed by atoms with Crippen LogP contribution in [0.1, 0.15) is 48.5 Å². The van der Waals surface area contributed by atoms with Gasteiger partial charge in [-0.25, -0.2) is 15.0 Å². The predicted octanol–water partition coefficient (Wildman–Crippen LogP) is 2.07. The number of nitrogens with one attached hydrogen (secondary N) is 1. The highest BCUT2D eigenvalue weighted by Crippen LogP contribution is 2.22. The summed E-state index contributed by atoms with van der Waals surface area (Å²) in [7, 11) is 0. The number of hydrogen-bond acceptors (Lipinski definition) is 7. The third-order valence-electron chi connectivity index (χ3n) is 5.43. The molecule has 1 aliphatic carbocycles. The molecule has 7 nitrogen and oxygen atoms in total. The quantitative estimate of drug-likeness (QED) is 0.835. The first-order valence-corrected chi connectivity index (χ1v) is 10.0. The maximum absolute atomic E-state index is 9.87. The molecule has 27 heavy (non-hydrogen) atoms. The molecule has 0 amide bonds. The molecule has 1 saturated heterocycles. The van der Waals surface area contributed by atoms with E-state index in [-0.39, 0.29) is 6.10 Å². The normalized spacial score (nSPS) is 19.6. The van der Waals surface area contributed by atoms with Crippen molar-refractivity contribution in [1.82, 2.24) is 19.9 Å². The summed E-state index contributed by atoms with van der Waals surface area (Å²) in [6, 6.07) is 1.90. The van der Waals surface area contributed by atoms with Gasteiger partial charge < -0.3 is 15.3 Å². The van der Waals surface area contributed by atoms with Crippen LogP contribution in [0.25, 0.3) is 0 Å². The van der Waals surface area contributed by atoms with Crippen LogP contribution in [0.3, 0.4) is 0 Å². The Morgan fingerprint density at radius 2 is 2.07 bits per heavy atom. The maximum Gasteiger partial charge on any atom is 0.224 e. The van der Waals surface area contributed by atoms with Crippen molar-refractivity contribution < 1.29 is 5.11 Å². The number of aliphatic hydroxyl groups is 1. The molecule has 0 spiro atoms. The van der Waals surface area contributed by atoms with E-state index in [9.17, 15) is 5.11 Å². The first-order chi connectivity index (χ1) is 13.2. The molecule has 3 heterocycles. The molecule has 1 atom stereocenters. The maximum atomic E-state index is 9.87. The highest BCUT2D eigenvalue weighted by molar-refractivity contribution is 5.43. The second-order valence-electron chi connectivity index (χ2n) is 7.51. The SMILES string of the molecule is Cc1nc(CCNc2nccc(N3CCCC(O)C3)n2)nc2c1CCCC2. The number of nitrogens with zero attached hydrogens (tertiary/aromatic N) is 5. The fourth-order valence-corrected chi connectivity index (χ4v) is 4.02. The van der Waals surface area contributed by atoms with E-state index >= 15 is 0 Å². The number of fused-ring (bicyclic) bond motifs is 1. The summed E-state index contributed by atoms with van der Waals surface area (Å²) < 4.78 is 0. The number of aromatic nitrogens is 4. The average molecular weight is 368 g/mol. The summed E-state index contributed by atoms with van der Waals surface area (Å²) in [6.45, 7) is 4.36. The summed E-state index contributed by atoms with van der Waals surface area (Å²) in [5, 5.41) is 13.2. The van der Waals surface area contributed by atoms with E-state index in [2.05, 4.69) is 32.1 Å². The minimum atomic E-state index is -0.269. The Hall–Kier alpha value is -2.28. The Kier molecular flexibility index (Phi) is 5.48.